The van der Waals surface area contributed by atoms with Crippen LogP contribution in [0.5, 0.6) is 34.5 Å². The van der Waals surface area contributed by atoms with E-state index in [1.54, 1.807) is 109 Å². The van der Waals surface area contributed by atoms with Crippen molar-refractivity contribution >= 4 is 135 Å². The summed E-state index contributed by atoms with van der Waals surface area (Å²) >= 11 is 0. The van der Waals surface area contributed by atoms with E-state index in [0.717, 1.165) is 55.8 Å². The van der Waals surface area contributed by atoms with Crippen LogP contribution in [0.2, 0.25) is 0 Å². The SMILES string of the molecule is NC(=O)c1cccc2c1c1c(OCC(=O)O)cccc1n2CCc1cccc(Oc2ccccc2)c1.NC(=O)c1cccc2c1c1c(OCC(=O)O)cccc1n2Cc1cccc(F)c1.NC(=O)c1cccc2c1c1c(OCC(=O)O)cccc1n2Cc1ccccc1.NC(=O)c1cccc2c1c1c(OCC(=O)O)cccc1n2Cc1ccccc1F.[H-].[Li+]. The van der Waals surface area contributed by atoms with Crippen molar-refractivity contribution in [3.8, 4) is 34.5 Å². The fourth-order valence-corrected chi connectivity index (χ4v) is 15.2. The summed E-state index contributed by atoms with van der Waals surface area (Å²) in [5.41, 5.74) is 33.4. The normalized spacial score (nSPS) is 10.9. The summed E-state index contributed by atoms with van der Waals surface area (Å²) in [6.07, 6.45) is 0.700. The maximum absolute atomic E-state index is 14.3. The number of rotatable bonds is 27. The summed E-state index contributed by atoms with van der Waals surface area (Å²) in [4.78, 5) is 92.6. The molecule has 4 heterocycles. The number of carbonyl (C=O) groups is 8. The van der Waals surface area contributed by atoms with Gasteiger partial charge in [-0.2, -0.15) is 0 Å². The first kappa shape index (κ1) is 85.2. The fourth-order valence-electron chi connectivity index (χ4n) is 15.2. The van der Waals surface area contributed by atoms with Gasteiger partial charge in [0.05, 0.1) is 72.2 Å². The van der Waals surface area contributed by atoms with E-state index in [9.17, 15) is 47.1 Å². The van der Waals surface area contributed by atoms with Crippen LogP contribution in [0.3, 0.4) is 0 Å². The Morgan fingerprint density at radius 2 is 0.602 bits per heavy atom. The van der Waals surface area contributed by atoms with Crippen LogP contribution in [0, 0.1) is 11.6 Å². The molecule has 0 aliphatic heterocycles. The summed E-state index contributed by atoms with van der Waals surface area (Å²) in [6, 6.07) is 82.6. The van der Waals surface area contributed by atoms with Crippen LogP contribution >= 0.6 is 0 Å². The number of aryl methyl sites for hydroxylation is 2. The van der Waals surface area contributed by atoms with Gasteiger partial charge in [-0.1, -0.05) is 140 Å². The first-order valence-electron chi connectivity index (χ1n) is 38.1. The Morgan fingerprint density at radius 1 is 0.301 bits per heavy atom. The van der Waals surface area contributed by atoms with Gasteiger partial charge < -0.3 is 86.7 Å². The minimum absolute atomic E-state index is 0. The van der Waals surface area contributed by atoms with E-state index in [2.05, 4.69) is 9.13 Å². The van der Waals surface area contributed by atoms with Gasteiger partial charge in [-0.05, 0) is 163 Å². The molecule has 4 aromatic heterocycles. The molecule has 0 unspecified atom stereocenters. The number of nitrogens with zero attached hydrogens (tertiary/aromatic N) is 4. The van der Waals surface area contributed by atoms with E-state index in [1.165, 1.54) is 18.2 Å². The zero-order valence-electron chi connectivity index (χ0n) is 66.9. The minimum atomic E-state index is -1.12. The molecule has 28 heteroatoms. The van der Waals surface area contributed by atoms with Gasteiger partial charge in [-0.15, -0.1) is 0 Å². The molecule has 17 aromatic rings. The molecule has 17 rings (SSSR count). The zero-order valence-corrected chi connectivity index (χ0v) is 65.9. The number of fused-ring (bicyclic) bond motifs is 12. The van der Waals surface area contributed by atoms with Crippen LogP contribution < -0.4 is 65.5 Å². The molecule has 25 nitrogen and oxygen atoms in total. The Morgan fingerprint density at radius 3 is 0.984 bits per heavy atom. The summed E-state index contributed by atoms with van der Waals surface area (Å²) in [5, 5.41) is 41.1. The number of carboxylic acids is 4. The van der Waals surface area contributed by atoms with Crippen LogP contribution in [0.25, 0.3) is 87.2 Å². The largest absolute Gasteiger partial charge is 1.00 e. The van der Waals surface area contributed by atoms with E-state index in [1.807, 2.05) is 161 Å². The standard InChI is InChI=1S/C29H24N2O5.2C22H17FN2O4.C22H18N2O4.Li.H/c30-29(34)22-11-5-12-23-27(22)28-24(13-6-14-25(28)35-18-26(32)33)31(23)16-15-19-7-4-10-21(17-19)36-20-8-2-1-3-9-20;23-14-5-1-4-13(10-14)11-25-16-7-2-6-15(22(24)28)20(16)21-17(25)8-3-9-18(21)29-12-19(26)27;23-15-7-2-1-5-13(15)11-25-16-8-3-6-14(22(24)28)20(16)21-17(25)9-4-10-18(21)29-12-19(26)27;23-22(27)15-8-4-9-16-20(15)21-17(10-5-11-18(21)28-13-19(25)26)24(16)12-14-6-2-1-3-7-14;;/h1-14,17H,15-16,18H2,(H2,30,34)(H,32,33);2*1-10H,11-12H2,(H2,24,28)(H,26,27);1-11H,12-13H2,(H2,23,27)(H,25,26);;/q;;;;+1;-1. The molecule has 614 valence electrons. The Kier molecular flexibility index (Phi) is 26.2. The number of aromatic nitrogens is 4. The number of nitrogens with two attached hydrogens (primary N) is 4. The van der Waals surface area contributed by atoms with Crippen molar-refractivity contribution in [1.82, 2.24) is 18.3 Å². The molecule has 0 atom stereocenters. The number of carboxylic acid groups (broad SMARTS) is 4. The minimum Gasteiger partial charge on any atom is -1.00 e. The molecule has 123 heavy (non-hydrogen) atoms. The third-order valence-corrected chi connectivity index (χ3v) is 20.2. The molecule has 0 saturated carbocycles. The van der Waals surface area contributed by atoms with Crippen molar-refractivity contribution < 1.29 is 112 Å². The second-order valence-corrected chi connectivity index (χ2v) is 28.0. The second kappa shape index (κ2) is 37.9. The molecule has 4 amide bonds. The topological polar surface area (TPSA) is 387 Å². The predicted octanol–water partition coefficient (Wildman–Crippen LogP) is 13.0. The molecule has 0 saturated heterocycles. The van der Waals surface area contributed by atoms with Gasteiger partial charge in [0.1, 0.15) is 46.1 Å². The van der Waals surface area contributed by atoms with Crippen LogP contribution in [-0.4, -0.2) is 113 Å². The van der Waals surface area contributed by atoms with Crippen LogP contribution in [0.4, 0.5) is 8.78 Å². The van der Waals surface area contributed by atoms with Crippen molar-refractivity contribution in [2.45, 2.75) is 32.6 Å². The Bertz CT molecular complexity index is 6960. The Balaban J connectivity index is 0.000000151. The number of aliphatic carboxylic acids is 4. The van der Waals surface area contributed by atoms with Crippen LogP contribution in [0.15, 0.2) is 279 Å². The maximum atomic E-state index is 14.3. The van der Waals surface area contributed by atoms with Gasteiger partial charge in [0.15, 0.2) is 26.4 Å². The Hall–Kier alpha value is -15.7. The van der Waals surface area contributed by atoms with E-state index in [4.69, 9.17) is 67.0 Å². The van der Waals surface area contributed by atoms with Gasteiger partial charge in [-0.25, -0.2) is 28.0 Å². The molecule has 0 bridgehead atoms. The molecule has 0 spiro atoms. The van der Waals surface area contributed by atoms with E-state index in [-0.39, 0.29) is 44.0 Å². The van der Waals surface area contributed by atoms with Gasteiger partial charge >= 0.3 is 42.7 Å². The Labute approximate surface area is 712 Å². The van der Waals surface area contributed by atoms with Crippen molar-refractivity contribution in [3.63, 3.8) is 0 Å². The first-order valence-corrected chi connectivity index (χ1v) is 38.1. The van der Waals surface area contributed by atoms with Crippen LogP contribution in [-0.2, 0) is 51.8 Å². The average molecular weight is 1650 g/mol. The first-order chi connectivity index (χ1) is 59.0. The molecule has 0 aliphatic carbocycles. The molecule has 0 fully saturated rings. The maximum Gasteiger partial charge on any atom is 1.00 e. The van der Waals surface area contributed by atoms with Gasteiger partial charge in [-0.3, -0.25) is 19.2 Å². The van der Waals surface area contributed by atoms with Gasteiger partial charge in [0.25, 0.3) is 0 Å². The van der Waals surface area contributed by atoms with Gasteiger partial charge in [0, 0.05) is 69.0 Å². The number of para-hydroxylation sites is 1. The molecule has 0 aliphatic rings. The number of hydrogen-bond acceptors (Lipinski definition) is 13. The molecular formula is C95H77F2LiN8O17. The summed E-state index contributed by atoms with van der Waals surface area (Å²) in [7, 11) is 0. The van der Waals surface area contributed by atoms with E-state index in [0.29, 0.717) is 131 Å². The number of amides is 4. The third-order valence-electron chi connectivity index (χ3n) is 20.2. The van der Waals surface area contributed by atoms with Crippen LogP contribution in [0.1, 0.15) is 65.1 Å². The number of primary amides is 4. The van der Waals surface area contributed by atoms with Crippen molar-refractivity contribution in [2.24, 2.45) is 22.9 Å². The average Bonchev–Trinajstić information content (AvgIpc) is 1.61. The third kappa shape index (κ3) is 18.7. The molecule has 0 radical (unpaired) electrons. The number of benzene rings is 13. The van der Waals surface area contributed by atoms with E-state index < -0.39 is 73.9 Å². The predicted molar refractivity (Wildman–Crippen MR) is 459 cm³/mol. The van der Waals surface area contributed by atoms with Crippen molar-refractivity contribution in [3.05, 3.63) is 335 Å². The zero-order chi connectivity index (χ0) is 85.8. The van der Waals surface area contributed by atoms with Crippen molar-refractivity contribution in [1.29, 1.82) is 0 Å². The fraction of sp³-hybridized carbons (Fsp3) is 0.0947. The molecule has 12 N–H and O–H groups in total. The number of hydrogen-bond donors (Lipinski definition) is 8. The number of halogens is 2. The number of carbonyl (C=O) groups excluding carboxylic acids is 4. The number of ether oxygens (including phenoxy) is 5. The van der Waals surface area contributed by atoms with Crippen molar-refractivity contribution in [2.75, 3.05) is 26.4 Å². The monoisotopic (exact) mass is 1650 g/mol. The quantitative estimate of drug-likeness (QED) is 0.0222. The molecular weight excluding hydrogens is 1570 g/mol. The van der Waals surface area contributed by atoms with E-state index >= 15 is 0 Å². The van der Waals surface area contributed by atoms with Gasteiger partial charge in [0.2, 0.25) is 23.6 Å². The summed E-state index contributed by atoms with van der Waals surface area (Å²) in [5.74, 6) is -4.41. The smallest absolute Gasteiger partial charge is 1.00 e. The second-order valence-electron chi connectivity index (χ2n) is 28.0. The summed E-state index contributed by atoms with van der Waals surface area (Å²) in [6.45, 7) is -0.237. The molecule has 13 aromatic carbocycles. The summed E-state index contributed by atoms with van der Waals surface area (Å²) < 4.78 is 64.0.